The molecule has 0 aliphatic carbocycles. The largest absolute Gasteiger partial charge is 0.340 e. The van der Waals surface area contributed by atoms with Gasteiger partial charge in [0.05, 0.1) is 12.6 Å². The molecular weight excluding hydrogens is 448 g/mol. The van der Waals surface area contributed by atoms with Gasteiger partial charge in [0.2, 0.25) is 5.91 Å². The Morgan fingerprint density at radius 2 is 1.60 bits per heavy atom. The number of rotatable bonds is 6. The van der Waals surface area contributed by atoms with E-state index in [2.05, 4.69) is 5.32 Å². The maximum absolute atomic E-state index is 13.6. The van der Waals surface area contributed by atoms with E-state index in [4.69, 9.17) is 10.7 Å². The molecule has 8 heteroatoms. The maximum atomic E-state index is 13.6. The lowest BCUT2D eigenvalue weighted by molar-refractivity contribution is -0.134. The van der Waals surface area contributed by atoms with Crippen LogP contribution >= 0.6 is 0 Å². The summed E-state index contributed by atoms with van der Waals surface area (Å²) in [7, 11) is 0. The van der Waals surface area contributed by atoms with Gasteiger partial charge in [-0.25, -0.2) is 13.8 Å². The Hall–Kier alpha value is -4.04. The summed E-state index contributed by atoms with van der Waals surface area (Å²) in [5.74, 6) is 0.611. The molecule has 5 rings (SSSR count). The average Bonchev–Trinajstić information content (AvgIpc) is 3.23. The smallest absolute Gasteiger partial charge is 0.240 e. The molecule has 0 unspecified atom stereocenters. The van der Waals surface area contributed by atoms with Crippen molar-refractivity contribution in [1.29, 1.82) is 0 Å². The van der Waals surface area contributed by atoms with Gasteiger partial charge in [-0.15, -0.1) is 0 Å². The highest BCUT2D eigenvalue weighted by molar-refractivity contribution is 5.82. The van der Waals surface area contributed by atoms with Crippen LogP contribution in [-0.2, 0) is 24.3 Å². The number of hydrogen-bond donors (Lipinski definition) is 2. The standard InChI is InChI=1S/C27H25F2N5O/c28-20-8-6-19(7-9-20)25-26(31-22-12-10-21(29)11-13-22)34-15-14-33(17-24(34)32-25)27(35)23(30)16-18-4-2-1-3-5-18/h1-13,23,31H,14-17,30H2/t23-/m1/s1. The Morgan fingerprint density at radius 1 is 0.943 bits per heavy atom. The summed E-state index contributed by atoms with van der Waals surface area (Å²) in [6.07, 6.45) is 0.461. The SMILES string of the molecule is N[C@H](Cc1ccccc1)C(=O)N1CCn2c(nc(-c3ccc(F)cc3)c2Nc2ccc(F)cc2)C1. The first-order valence-corrected chi connectivity index (χ1v) is 11.4. The van der Waals surface area contributed by atoms with Crippen molar-refractivity contribution in [3.8, 4) is 11.3 Å². The Labute approximate surface area is 202 Å². The molecule has 4 aromatic rings. The second-order valence-corrected chi connectivity index (χ2v) is 8.57. The molecule has 0 saturated heterocycles. The molecule has 2 heterocycles. The Morgan fingerprint density at radius 3 is 2.29 bits per heavy atom. The fourth-order valence-electron chi connectivity index (χ4n) is 4.31. The van der Waals surface area contributed by atoms with Crippen LogP contribution in [0, 0.1) is 11.6 Å². The lowest BCUT2D eigenvalue weighted by Gasteiger charge is -2.30. The minimum absolute atomic E-state index is 0.125. The van der Waals surface area contributed by atoms with Gasteiger partial charge in [0.1, 0.15) is 29.0 Å². The highest BCUT2D eigenvalue weighted by atomic mass is 19.1. The van der Waals surface area contributed by atoms with E-state index in [1.54, 1.807) is 29.2 Å². The normalized spacial score (nSPS) is 13.9. The number of imidazole rings is 1. The van der Waals surface area contributed by atoms with Crippen molar-refractivity contribution in [3.63, 3.8) is 0 Å². The van der Waals surface area contributed by atoms with E-state index >= 15 is 0 Å². The number of nitrogens with zero attached hydrogens (tertiary/aromatic N) is 3. The number of carbonyl (C=O) groups is 1. The van der Waals surface area contributed by atoms with Crippen molar-refractivity contribution < 1.29 is 13.6 Å². The zero-order chi connectivity index (χ0) is 24.4. The van der Waals surface area contributed by atoms with E-state index in [0.29, 0.717) is 49.1 Å². The van der Waals surface area contributed by atoms with Gasteiger partial charge in [-0.1, -0.05) is 30.3 Å². The molecule has 0 bridgehead atoms. The number of benzene rings is 3. The van der Waals surface area contributed by atoms with Crippen molar-refractivity contribution in [3.05, 3.63) is 102 Å². The summed E-state index contributed by atoms with van der Waals surface area (Å²) >= 11 is 0. The second-order valence-electron chi connectivity index (χ2n) is 8.57. The molecular formula is C27H25F2N5O. The van der Waals surface area contributed by atoms with E-state index in [1.807, 2.05) is 34.9 Å². The molecule has 0 radical (unpaired) electrons. The van der Waals surface area contributed by atoms with E-state index in [9.17, 15) is 13.6 Å². The van der Waals surface area contributed by atoms with E-state index in [-0.39, 0.29) is 17.5 Å². The first-order chi connectivity index (χ1) is 17.0. The highest BCUT2D eigenvalue weighted by Crippen LogP contribution is 2.33. The van der Waals surface area contributed by atoms with Gasteiger partial charge in [0, 0.05) is 24.3 Å². The second kappa shape index (κ2) is 9.68. The van der Waals surface area contributed by atoms with Gasteiger partial charge in [-0.2, -0.15) is 0 Å². The molecule has 1 aliphatic rings. The summed E-state index contributed by atoms with van der Waals surface area (Å²) in [6, 6.07) is 21.2. The third-order valence-corrected chi connectivity index (χ3v) is 6.12. The fourth-order valence-corrected chi connectivity index (χ4v) is 4.31. The Balaban J connectivity index is 1.42. The number of anilines is 2. The van der Waals surface area contributed by atoms with Crippen molar-refractivity contribution in [2.24, 2.45) is 5.73 Å². The van der Waals surface area contributed by atoms with Crippen molar-refractivity contribution in [1.82, 2.24) is 14.5 Å². The van der Waals surface area contributed by atoms with E-state index in [1.165, 1.54) is 24.3 Å². The summed E-state index contributed by atoms with van der Waals surface area (Å²) < 4.78 is 29.0. The third kappa shape index (κ3) is 4.93. The van der Waals surface area contributed by atoms with Gasteiger partial charge in [0.25, 0.3) is 0 Å². The number of halogens is 2. The van der Waals surface area contributed by atoms with Crippen LogP contribution in [0.5, 0.6) is 0 Å². The summed E-state index contributed by atoms with van der Waals surface area (Å²) in [4.78, 5) is 19.6. The molecule has 35 heavy (non-hydrogen) atoms. The van der Waals surface area contributed by atoms with Crippen LogP contribution in [0.2, 0.25) is 0 Å². The molecule has 0 spiro atoms. The minimum atomic E-state index is -0.646. The molecule has 178 valence electrons. The Bertz CT molecular complexity index is 1320. The zero-order valence-electron chi connectivity index (χ0n) is 19.0. The van der Waals surface area contributed by atoms with Crippen LogP contribution in [0.1, 0.15) is 11.4 Å². The van der Waals surface area contributed by atoms with Gasteiger partial charge in [-0.3, -0.25) is 4.79 Å². The van der Waals surface area contributed by atoms with Gasteiger partial charge in [-0.05, 0) is 60.5 Å². The number of nitrogens with two attached hydrogens (primary N) is 1. The fraction of sp³-hybridized carbons (Fsp3) is 0.185. The minimum Gasteiger partial charge on any atom is -0.340 e. The monoisotopic (exact) mass is 473 g/mol. The lowest BCUT2D eigenvalue weighted by atomic mass is 10.1. The number of hydrogen-bond acceptors (Lipinski definition) is 4. The maximum Gasteiger partial charge on any atom is 0.240 e. The Kier molecular flexibility index (Phi) is 6.29. The summed E-state index contributed by atoms with van der Waals surface area (Å²) in [6.45, 7) is 1.29. The molecule has 1 aromatic heterocycles. The van der Waals surface area contributed by atoms with Crippen LogP contribution in [0.4, 0.5) is 20.3 Å². The lowest BCUT2D eigenvalue weighted by Crippen LogP contribution is -2.47. The molecule has 0 fully saturated rings. The molecule has 1 atom stereocenters. The predicted molar refractivity (Wildman–Crippen MR) is 131 cm³/mol. The van der Waals surface area contributed by atoms with E-state index < -0.39 is 6.04 Å². The molecule has 6 nitrogen and oxygen atoms in total. The first-order valence-electron chi connectivity index (χ1n) is 11.4. The molecule has 1 aliphatic heterocycles. The highest BCUT2D eigenvalue weighted by Gasteiger charge is 2.29. The number of aromatic nitrogens is 2. The van der Waals surface area contributed by atoms with Crippen LogP contribution in [-0.4, -0.2) is 32.9 Å². The van der Waals surface area contributed by atoms with Crippen LogP contribution in [0.15, 0.2) is 78.9 Å². The number of nitrogens with one attached hydrogen (secondary N) is 1. The van der Waals surface area contributed by atoms with Crippen LogP contribution in [0.3, 0.4) is 0 Å². The predicted octanol–water partition coefficient (Wildman–Crippen LogP) is 4.48. The van der Waals surface area contributed by atoms with Gasteiger partial charge in [0.15, 0.2) is 0 Å². The van der Waals surface area contributed by atoms with Crippen molar-refractivity contribution >= 4 is 17.4 Å². The zero-order valence-corrected chi connectivity index (χ0v) is 19.0. The van der Waals surface area contributed by atoms with E-state index in [0.717, 1.165) is 11.1 Å². The quantitative estimate of drug-likeness (QED) is 0.433. The molecule has 3 aromatic carbocycles. The number of carbonyl (C=O) groups excluding carboxylic acids is 1. The topological polar surface area (TPSA) is 76.2 Å². The molecule has 3 N–H and O–H groups in total. The summed E-state index contributed by atoms with van der Waals surface area (Å²) in [5, 5.41) is 3.33. The van der Waals surface area contributed by atoms with Crippen molar-refractivity contribution in [2.45, 2.75) is 25.6 Å². The summed E-state index contributed by atoms with van der Waals surface area (Å²) in [5.41, 5.74) is 9.33. The molecule has 1 amide bonds. The van der Waals surface area contributed by atoms with Gasteiger partial charge >= 0.3 is 0 Å². The van der Waals surface area contributed by atoms with Crippen molar-refractivity contribution in [2.75, 3.05) is 11.9 Å². The molecule has 0 saturated carbocycles. The third-order valence-electron chi connectivity index (χ3n) is 6.12. The first kappa shape index (κ1) is 22.7. The van der Waals surface area contributed by atoms with Gasteiger partial charge < -0.3 is 20.5 Å². The number of fused-ring (bicyclic) bond motifs is 1. The average molecular weight is 474 g/mol. The van der Waals surface area contributed by atoms with Crippen LogP contribution < -0.4 is 11.1 Å². The van der Waals surface area contributed by atoms with Crippen LogP contribution in [0.25, 0.3) is 11.3 Å². The number of amides is 1.